The van der Waals surface area contributed by atoms with Crippen LogP contribution in [0.25, 0.3) is 0 Å². The van der Waals surface area contributed by atoms with Crippen LogP contribution < -0.4 is 10.6 Å². The number of amides is 1. The van der Waals surface area contributed by atoms with Gasteiger partial charge < -0.3 is 20.5 Å². The molecule has 8 heteroatoms. The molecule has 7 nitrogen and oxygen atoms in total. The molecule has 3 N–H and O–H groups in total. The van der Waals surface area contributed by atoms with Gasteiger partial charge in [-0.2, -0.15) is 0 Å². The maximum atomic E-state index is 11.9. The molecule has 1 heterocycles. The monoisotopic (exact) mass is 368 g/mol. The molecule has 1 amide bonds. The van der Waals surface area contributed by atoms with E-state index < -0.39 is 5.60 Å². The van der Waals surface area contributed by atoms with Crippen molar-refractivity contribution in [3.63, 3.8) is 0 Å². The van der Waals surface area contributed by atoms with Gasteiger partial charge in [0.1, 0.15) is 11.4 Å². The summed E-state index contributed by atoms with van der Waals surface area (Å²) < 4.78 is 5.31. The van der Waals surface area contributed by atoms with Gasteiger partial charge in [-0.3, -0.25) is 0 Å². The predicted molar refractivity (Wildman–Crippen MR) is 98.8 cm³/mol. The normalized spacial score (nSPS) is 20.8. The first-order valence-electron chi connectivity index (χ1n) is 8.57. The Bertz CT molecular complexity index is 584. The summed E-state index contributed by atoms with van der Waals surface area (Å²) in [7, 11) is 0. The number of aromatic nitrogens is 2. The topological polar surface area (TPSA) is 96.4 Å². The smallest absolute Gasteiger partial charge is 0.407 e. The fourth-order valence-corrected chi connectivity index (χ4v) is 3.12. The van der Waals surface area contributed by atoms with Crippen molar-refractivity contribution < 1.29 is 14.6 Å². The van der Waals surface area contributed by atoms with Crippen LogP contribution in [0, 0.1) is 0 Å². The number of hydrogen-bond acceptors (Lipinski definition) is 7. The van der Waals surface area contributed by atoms with Gasteiger partial charge in [-0.05, 0) is 52.7 Å². The lowest BCUT2D eigenvalue weighted by Gasteiger charge is -2.31. The number of anilines is 1. The fourth-order valence-electron chi connectivity index (χ4n) is 2.78. The molecule has 1 aliphatic carbocycles. The zero-order valence-electron chi connectivity index (χ0n) is 15.3. The summed E-state index contributed by atoms with van der Waals surface area (Å²) in [5, 5.41) is 16.5. The summed E-state index contributed by atoms with van der Waals surface area (Å²) >= 11 is 1.47. The van der Waals surface area contributed by atoms with E-state index >= 15 is 0 Å². The lowest BCUT2D eigenvalue weighted by atomic mass is 9.91. The van der Waals surface area contributed by atoms with Gasteiger partial charge in [0.15, 0.2) is 5.16 Å². The van der Waals surface area contributed by atoms with Crippen LogP contribution in [0.2, 0.25) is 0 Å². The number of rotatable bonds is 5. The molecular formula is C17H28N4O3S. The number of aliphatic hydroxyl groups excluding tert-OH is 1. The second-order valence-corrected chi connectivity index (χ2v) is 8.00. The van der Waals surface area contributed by atoms with Crippen LogP contribution in [-0.4, -0.2) is 45.1 Å². The third-order valence-electron chi connectivity index (χ3n) is 3.98. The average molecular weight is 369 g/mol. The molecule has 0 atom stereocenters. The minimum atomic E-state index is -0.481. The van der Waals surface area contributed by atoms with Crippen molar-refractivity contribution >= 4 is 23.7 Å². The number of ether oxygens (including phenoxy) is 1. The van der Waals surface area contributed by atoms with E-state index in [0.29, 0.717) is 16.5 Å². The van der Waals surface area contributed by atoms with E-state index in [1.165, 1.54) is 11.8 Å². The number of thioether (sulfide) groups is 1. The van der Waals surface area contributed by atoms with Gasteiger partial charge in [0.2, 0.25) is 0 Å². The Labute approximate surface area is 153 Å². The lowest BCUT2D eigenvalue weighted by molar-refractivity contribution is 0.0492. The highest BCUT2D eigenvalue weighted by atomic mass is 32.2. The van der Waals surface area contributed by atoms with E-state index in [2.05, 4.69) is 20.6 Å². The van der Waals surface area contributed by atoms with Crippen molar-refractivity contribution in [1.29, 1.82) is 0 Å². The molecule has 0 radical (unpaired) electrons. The van der Waals surface area contributed by atoms with E-state index in [9.17, 15) is 9.90 Å². The molecule has 2 rings (SSSR count). The maximum absolute atomic E-state index is 11.9. The number of carbonyl (C=O) groups excluding carboxylic acids is 1. The molecule has 1 fully saturated rings. The van der Waals surface area contributed by atoms with E-state index in [-0.39, 0.29) is 24.8 Å². The Hall–Kier alpha value is -1.54. The Morgan fingerprint density at radius 2 is 1.96 bits per heavy atom. The van der Waals surface area contributed by atoms with Crippen molar-refractivity contribution in [2.45, 2.75) is 75.9 Å². The van der Waals surface area contributed by atoms with Crippen molar-refractivity contribution in [2.75, 3.05) is 11.6 Å². The molecule has 140 valence electrons. The van der Waals surface area contributed by atoms with Gasteiger partial charge in [-0.25, -0.2) is 14.8 Å². The van der Waals surface area contributed by atoms with Gasteiger partial charge in [0.25, 0.3) is 0 Å². The van der Waals surface area contributed by atoms with Crippen LogP contribution in [0.3, 0.4) is 0 Å². The Balaban J connectivity index is 1.85. The van der Waals surface area contributed by atoms with E-state index in [1.807, 2.05) is 27.0 Å². The molecule has 1 saturated carbocycles. The third-order valence-corrected chi connectivity index (χ3v) is 4.55. The molecule has 0 saturated heterocycles. The fraction of sp³-hybridized carbons (Fsp3) is 0.706. The second kappa shape index (κ2) is 8.71. The van der Waals surface area contributed by atoms with E-state index in [4.69, 9.17) is 4.74 Å². The highest BCUT2D eigenvalue weighted by Gasteiger charge is 2.25. The summed E-state index contributed by atoms with van der Waals surface area (Å²) in [5.74, 6) is 0.699. The van der Waals surface area contributed by atoms with E-state index in [0.717, 1.165) is 25.7 Å². The number of carbonyl (C=O) groups is 1. The molecule has 1 aliphatic rings. The van der Waals surface area contributed by atoms with Crippen molar-refractivity contribution in [1.82, 2.24) is 15.3 Å². The molecule has 1 aromatic heterocycles. The maximum Gasteiger partial charge on any atom is 0.407 e. The van der Waals surface area contributed by atoms with Crippen LogP contribution in [0.5, 0.6) is 0 Å². The average Bonchev–Trinajstić information content (AvgIpc) is 2.54. The highest BCUT2D eigenvalue weighted by molar-refractivity contribution is 7.98. The van der Waals surface area contributed by atoms with Gasteiger partial charge in [-0.1, -0.05) is 11.8 Å². The Kier molecular flexibility index (Phi) is 6.89. The SMILES string of the molecule is CSc1ncc(CO)c(NC2CCC(NC(=O)OC(C)(C)C)CC2)n1. The van der Waals surface area contributed by atoms with Gasteiger partial charge >= 0.3 is 6.09 Å². The molecule has 0 aliphatic heterocycles. The number of aliphatic hydroxyl groups is 1. The molecule has 25 heavy (non-hydrogen) atoms. The highest BCUT2D eigenvalue weighted by Crippen LogP contribution is 2.24. The van der Waals surface area contributed by atoms with Crippen molar-refractivity contribution in [3.8, 4) is 0 Å². The second-order valence-electron chi connectivity index (χ2n) is 7.23. The molecule has 0 unspecified atom stereocenters. The third kappa shape index (κ3) is 6.36. The Morgan fingerprint density at radius 3 is 2.52 bits per heavy atom. The number of nitrogens with one attached hydrogen (secondary N) is 2. The van der Waals surface area contributed by atoms with Crippen molar-refractivity contribution in [3.05, 3.63) is 11.8 Å². The molecular weight excluding hydrogens is 340 g/mol. The first kappa shape index (κ1) is 19.8. The van der Waals surface area contributed by atoms with Gasteiger partial charge in [-0.15, -0.1) is 0 Å². The van der Waals surface area contributed by atoms with Crippen LogP contribution in [0.15, 0.2) is 11.4 Å². The minimum Gasteiger partial charge on any atom is -0.444 e. The summed E-state index contributed by atoms with van der Waals surface area (Å²) in [6.45, 7) is 5.48. The first-order chi connectivity index (χ1) is 11.8. The summed E-state index contributed by atoms with van der Waals surface area (Å²) in [4.78, 5) is 20.5. The molecule has 0 bridgehead atoms. The van der Waals surface area contributed by atoms with Crippen molar-refractivity contribution in [2.24, 2.45) is 0 Å². The number of alkyl carbamates (subject to hydrolysis) is 1. The largest absolute Gasteiger partial charge is 0.444 e. The molecule has 1 aromatic rings. The predicted octanol–water partition coefficient (Wildman–Crippen LogP) is 2.94. The zero-order chi connectivity index (χ0) is 18.4. The molecule has 0 aromatic carbocycles. The summed E-state index contributed by atoms with van der Waals surface area (Å²) in [6.07, 6.45) is 6.83. The van der Waals surface area contributed by atoms with Gasteiger partial charge in [0, 0.05) is 23.8 Å². The first-order valence-corrected chi connectivity index (χ1v) is 9.80. The number of hydrogen-bond donors (Lipinski definition) is 3. The summed E-state index contributed by atoms with van der Waals surface area (Å²) in [6, 6.07) is 0.406. The zero-order valence-corrected chi connectivity index (χ0v) is 16.2. The van der Waals surface area contributed by atoms with Crippen LogP contribution >= 0.6 is 11.8 Å². The number of nitrogens with zero attached hydrogens (tertiary/aromatic N) is 2. The summed E-state index contributed by atoms with van der Waals surface area (Å²) in [5.41, 5.74) is 0.220. The van der Waals surface area contributed by atoms with Gasteiger partial charge in [0.05, 0.1) is 6.61 Å². The molecule has 0 spiro atoms. The quantitative estimate of drug-likeness (QED) is 0.543. The van der Waals surface area contributed by atoms with Crippen LogP contribution in [0.4, 0.5) is 10.6 Å². The minimum absolute atomic E-state index is 0.0907. The lowest BCUT2D eigenvalue weighted by Crippen LogP contribution is -2.42. The van der Waals surface area contributed by atoms with E-state index in [1.54, 1.807) is 6.20 Å². The Morgan fingerprint density at radius 1 is 1.32 bits per heavy atom. The van der Waals surface area contributed by atoms with Crippen LogP contribution in [0.1, 0.15) is 52.0 Å². The standard InChI is InChI=1S/C17H28N4O3S/c1-17(2,3)24-16(23)20-13-7-5-12(6-8-13)19-14-11(10-22)9-18-15(21-14)25-4/h9,12-13,22H,5-8,10H2,1-4H3,(H,20,23)(H,18,19,21). The van der Waals surface area contributed by atoms with Crippen LogP contribution in [-0.2, 0) is 11.3 Å².